The van der Waals surface area contributed by atoms with E-state index in [0.717, 1.165) is 24.2 Å². The van der Waals surface area contributed by atoms with Crippen molar-refractivity contribution in [3.63, 3.8) is 0 Å². The number of ether oxygens (including phenoxy) is 1. The molecule has 0 N–H and O–H groups in total. The molecule has 0 aliphatic heterocycles. The van der Waals surface area contributed by atoms with Gasteiger partial charge in [-0.05, 0) is 67.3 Å². The number of rotatable bonds is 3. The van der Waals surface area contributed by atoms with E-state index in [2.05, 4.69) is 63.7 Å². The fourth-order valence-corrected chi connectivity index (χ4v) is 3.63. The van der Waals surface area contributed by atoms with E-state index in [4.69, 9.17) is 4.74 Å². The van der Waals surface area contributed by atoms with Crippen LogP contribution in [0.2, 0.25) is 0 Å². The molecule has 0 radical (unpaired) electrons. The minimum Gasteiger partial charge on any atom is -0.423 e. The Bertz CT molecular complexity index is 670. The van der Waals surface area contributed by atoms with Crippen molar-refractivity contribution in [1.82, 2.24) is 0 Å². The van der Waals surface area contributed by atoms with Gasteiger partial charge in [-0.25, -0.2) is 0 Å². The van der Waals surface area contributed by atoms with E-state index in [1.54, 1.807) is 0 Å². The zero-order valence-corrected chi connectivity index (χ0v) is 16.8. The third-order valence-electron chi connectivity index (χ3n) is 2.77. The lowest BCUT2D eigenvalue weighted by atomic mass is 10.1. The van der Waals surface area contributed by atoms with E-state index in [-0.39, 0.29) is 10.8 Å². The van der Waals surface area contributed by atoms with Crippen LogP contribution >= 0.6 is 63.7 Å². The lowest BCUT2D eigenvalue weighted by Gasteiger charge is -2.13. The van der Waals surface area contributed by atoms with E-state index < -0.39 is 0 Å². The van der Waals surface area contributed by atoms with Crippen molar-refractivity contribution in [3.8, 4) is 5.75 Å². The zero-order valence-electron chi connectivity index (χ0n) is 10.4. The Kier molecular flexibility index (Phi) is 5.68. The Morgan fingerprint density at radius 1 is 1.25 bits per heavy atom. The quantitative estimate of drug-likeness (QED) is 0.269. The maximum Gasteiger partial charge on any atom is 0.325 e. The van der Waals surface area contributed by atoms with Gasteiger partial charge in [0.1, 0.15) is 4.83 Å². The Morgan fingerprint density at radius 2 is 1.95 bits per heavy atom. The number of halogens is 4. The van der Waals surface area contributed by atoms with Crippen LogP contribution in [-0.4, -0.2) is 10.8 Å². The van der Waals surface area contributed by atoms with Crippen molar-refractivity contribution in [2.75, 3.05) is 0 Å². The monoisotopic (exact) mass is 526 g/mol. The predicted octanol–water partition coefficient (Wildman–Crippen LogP) is 6.21. The third-order valence-corrected chi connectivity index (χ3v) is 5.66. The Labute approximate surface area is 150 Å². The van der Waals surface area contributed by atoms with E-state index in [9.17, 15) is 4.79 Å². The SMILES string of the molecule is CC[C@H](Br)C(=O)Oc1c(Br)cc2cc(Br)ccc2c1Br. The summed E-state index contributed by atoms with van der Waals surface area (Å²) in [5.41, 5.74) is 0. The number of benzene rings is 2. The second kappa shape index (κ2) is 6.90. The van der Waals surface area contributed by atoms with Crippen LogP contribution < -0.4 is 4.74 Å². The van der Waals surface area contributed by atoms with Crippen molar-refractivity contribution in [2.45, 2.75) is 18.2 Å². The molecule has 2 nitrogen and oxygen atoms in total. The van der Waals surface area contributed by atoms with Gasteiger partial charge in [0.2, 0.25) is 0 Å². The highest BCUT2D eigenvalue weighted by atomic mass is 79.9. The summed E-state index contributed by atoms with van der Waals surface area (Å²) in [4.78, 5) is 11.6. The van der Waals surface area contributed by atoms with Gasteiger partial charge in [-0.15, -0.1) is 0 Å². The number of alkyl halides is 1. The first-order valence-electron chi connectivity index (χ1n) is 5.87. The zero-order chi connectivity index (χ0) is 14.9. The number of fused-ring (bicyclic) bond motifs is 1. The van der Waals surface area contributed by atoms with Crippen LogP contribution in [0, 0.1) is 0 Å². The normalized spacial score (nSPS) is 12.4. The molecule has 0 amide bonds. The average molecular weight is 530 g/mol. The predicted molar refractivity (Wildman–Crippen MR) is 95.7 cm³/mol. The topological polar surface area (TPSA) is 26.3 Å². The lowest BCUT2D eigenvalue weighted by molar-refractivity contribution is -0.133. The van der Waals surface area contributed by atoms with Crippen LogP contribution in [0.1, 0.15) is 13.3 Å². The summed E-state index contributed by atoms with van der Waals surface area (Å²) in [5, 5.41) is 2.03. The fourth-order valence-electron chi connectivity index (χ4n) is 1.71. The molecule has 0 saturated carbocycles. The second-order valence-electron chi connectivity index (χ2n) is 4.16. The molecular weight excluding hydrogens is 520 g/mol. The molecule has 0 aromatic heterocycles. The van der Waals surface area contributed by atoms with E-state index in [1.165, 1.54) is 0 Å². The number of hydrogen-bond acceptors (Lipinski definition) is 2. The van der Waals surface area contributed by atoms with Crippen molar-refractivity contribution in [2.24, 2.45) is 0 Å². The summed E-state index contributed by atoms with van der Waals surface area (Å²) in [5.74, 6) is 0.202. The van der Waals surface area contributed by atoms with Gasteiger partial charge in [-0.2, -0.15) is 0 Å². The highest BCUT2D eigenvalue weighted by Crippen LogP contribution is 2.40. The summed E-state index contributed by atoms with van der Waals surface area (Å²) < 4.78 is 7.97. The molecular formula is C14H10Br4O2. The maximum absolute atomic E-state index is 11.9. The first-order valence-corrected chi connectivity index (χ1v) is 9.16. The summed E-state index contributed by atoms with van der Waals surface area (Å²) in [6, 6.07) is 7.86. The number of hydrogen-bond donors (Lipinski definition) is 0. The average Bonchev–Trinajstić information content (AvgIpc) is 2.41. The number of carbonyl (C=O) groups excluding carboxylic acids is 1. The lowest BCUT2D eigenvalue weighted by Crippen LogP contribution is -2.19. The van der Waals surface area contributed by atoms with Crippen LogP contribution in [-0.2, 0) is 4.79 Å². The van der Waals surface area contributed by atoms with Gasteiger partial charge in [0.25, 0.3) is 0 Å². The first-order chi connectivity index (χ1) is 9.43. The van der Waals surface area contributed by atoms with E-state index in [0.29, 0.717) is 12.2 Å². The molecule has 1 atom stereocenters. The molecule has 2 aromatic rings. The van der Waals surface area contributed by atoms with Crippen LogP contribution in [0.5, 0.6) is 5.75 Å². The largest absolute Gasteiger partial charge is 0.423 e. The summed E-state index contributed by atoms with van der Waals surface area (Å²) in [7, 11) is 0. The van der Waals surface area contributed by atoms with Gasteiger partial charge in [0, 0.05) is 4.47 Å². The molecule has 0 aliphatic carbocycles. The number of esters is 1. The number of carbonyl (C=O) groups is 1. The van der Waals surface area contributed by atoms with E-state index in [1.807, 2.05) is 31.2 Å². The molecule has 2 rings (SSSR count). The summed E-state index contributed by atoms with van der Waals surface area (Å²) in [6.07, 6.45) is 0.675. The van der Waals surface area contributed by atoms with Crippen LogP contribution in [0.4, 0.5) is 0 Å². The highest BCUT2D eigenvalue weighted by molar-refractivity contribution is 9.11. The minimum absolute atomic E-state index is 0.301. The van der Waals surface area contributed by atoms with Gasteiger partial charge in [0.05, 0.1) is 8.95 Å². The minimum atomic E-state index is -0.304. The molecule has 20 heavy (non-hydrogen) atoms. The van der Waals surface area contributed by atoms with Gasteiger partial charge < -0.3 is 4.74 Å². The molecule has 6 heteroatoms. The van der Waals surface area contributed by atoms with Crippen LogP contribution in [0.15, 0.2) is 37.7 Å². The van der Waals surface area contributed by atoms with Crippen molar-refractivity contribution >= 4 is 80.5 Å². The summed E-state index contributed by atoms with van der Waals surface area (Å²) >= 11 is 13.7. The van der Waals surface area contributed by atoms with Crippen molar-refractivity contribution < 1.29 is 9.53 Å². The highest BCUT2D eigenvalue weighted by Gasteiger charge is 2.19. The van der Waals surface area contributed by atoms with Crippen LogP contribution in [0.25, 0.3) is 10.8 Å². The standard InChI is InChI=1S/C14H10Br4O2/c1-2-10(16)14(19)20-13-11(17)6-7-5-8(15)3-4-9(7)12(13)18/h3-6,10H,2H2,1H3/t10-/m0/s1. The maximum atomic E-state index is 11.9. The second-order valence-corrected chi connectivity index (χ2v) is 7.83. The molecule has 0 heterocycles. The Morgan fingerprint density at radius 3 is 2.60 bits per heavy atom. The molecule has 0 unspecified atom stereocenters. The third kappa shape index (κ3) is 3.46. The molecule has 0 saturated heterocycles. The van der Waals surface area contributed by atoms with Gasteiger partial charge in [-0.1, -0.05) is 44.8 Å². The fraction of sp³-hybridized carbons (Fsp3) is 0.214. The molecule has 0 spiro atoms. The Balaban J connectivity index is 2.49. The smallest absolute Gasteiger partial charge is 0.325 e. The molecule has 0 aliphatic rings. The molecule has 2 aromatic carbocycles. The van der Waals surface area contributed by atoms with Gasteiger partial charge in [0.15, 0.2) is 5.75 Å². The molecule has 0 bridgehead atoms. The Hall–Kier alpha value is 0.0900. The van der Waals surface area contributed by atoms with Crippen molar-refractivity contribution in [3.05, 3.63) is 37.7 Å². The molecule has 0 fully saturated rings. The molecule has 106 valence electrons. The van der Waals surface area contributed by atoms with Crippen molar-refractivity contribution in [1.29, 1.82) is 0 Å². The van der Waals surface area contributed by atoms with Crippen LogP contribution in [0.3, 0.4) is 0 Å². The summed E-state index contributed by atoms with van der Waals surface area (Å²) in [6.45, 7) is 1.92. The first kappa shape index (κ1) is 16.5. The van der Waals surface area contributed by atoms with Gasteiger partial charge >= 0.3 is 5.97 Å². The van der Waals surface area contributed by atoms with Gasteiger partial charge in [-0.3, -0.25) is 4.79 Å². The van der Waals surface area contributed by atoms with E-state index >= 15 is 0 Å².